The van der Waals surface area contributed by atoms with Crippen LogP contribution in [0.1, 0.15) is 97.3 Å². The van der Waals surface area contributed by atoms with Crippen molar-refractivity contribution in [3.63, 3.8) is 0 Å². The lowest BCUT2D eigenvalue weighted by molar-refractivity contribution is -0.887. The molecule has 0 aromatic heterocycles. The number of carbonyl (C=O) groups excluding carboxylic acids is 2. The fourth-order valence-electron chi connectivity index (χ4n) is 3.90. The zero-order valence-corrected chi connectivity index (χ0v) is 24.6. The molecule has 8 nitrogen and oxygen atoms in total. The zero-order valence-electron chi connectivity index (χ0n) is 24.6. The van der Waals surface area contributed by atoms with Crippen molar-refractivity contribution in [1.29, 1.82) is 0 Å². The van der Waals surface area contributed by atoms with Crippen LogP contribution in [-0.4, -0.2) is 80.6 Å². The molecule has 0 spiro atoms. The molecular weight excluding hydrogens is 486 g/mol. The molecule has 0 heterocycles. The molecule has 0 aliphatic rings. The fraction of sp³-hybridized carbons (Fsp3) is 0.767. The Morgan fingerprint density at radius 3 is 2.03 bits per heavy atom. The molecule has 0 saturated heterocycles. The van der Waals surface area contributed by atoms with Crippen molar-refractivity contribution < 1.29 is 38.2 Å². The van der Waals surface area contributed by atoms with Gasteiger partial charge in [-0.3, -0.25) is 9.59 Å². The monoisotopic (exact) mass is 540 g/mol. The average Bonchev–Trinajstić information content (AvgIpc) is 2.83. The molecule has 0 aliphatic heterocycles. The van der Waals surface area contributed by atoms with Gasteiger partial charge in [-0.1, -0.05) is 63.3 Å². The van der Waals surface area contributed by atoms with Crippen LogP contribution in [0.2, 0.25) is 0 Å². The topological polar surface area (TPSA) is 99.1 Å². The van der Waals surface area contributed by atoms with Gasteiger partial charge in [0.15, 0.2) is 12.1 Å². The van der Waals surface area contributed by atoms with Gasteiger partial charge in [0.2, 0.25) is 0 Å². The summed E-state index contributed by atoms with van der Waals surface area (Å²) >= 11 is 0. The number of carbonyl (C=O) groups is 3. The summed E-state index contributed by atoms with van der Waals surface area (Å²) in [5, 5.41) is 9.41. The molecular formula is C30H54NO7+. The smallest absolute Gasteiger partial charge is 0.362 e. The lowest BCUT2D eigenvalue weighted by Gasteiger charge is -2.31. The number of rotatable bonds is 24. The molecule has 1 N–H and O–H groups in total. The minimum absolute atomic E-state index is 0.0463. The van der Waals surface area contributed by atoms with Gasteiger partial charge in [-0.05, 0) is 38.5 Å². The lowest BCUT2D eigenvalue weighted by Crippen LogP contribution is -2.50. The minimum Gasteiger partial charge on any atom is -0.477 e. The number of ether oxygens (including phenoxy) is 3. The van der Waals surface area contributed by atoms with E-state index in [1.807, 2.05) is 21.1 Å². The van der Waals surface area contributed by atoms with Crippen molar-refractivity contribution in [3.05, 3.63) is 24.3 Å². The second kappa shape index (κ2) is 22.8. The van der Waals surface area contributed by atoms with Gasteiger partial charge in [-0.25, -0.2) is 4.79 Å². The molecule has 0 aromatic rings. The van der Waals surface area contributed by atoms with Crippen molar-refractivity contribution in [1.82, 2.24) is 0 Å². The van der Waals surface area contributed by atoms with E-state index < -0.39 is 24.1 Å². The Balaban J connectivity index is 4.08. The van der Waals surface area contributed by atoms with E-state index in [0.717, 1.165) is 44.9 Å². The van der Waals surface area contributed by atoms with Gasteiger partial charge in [0.1, 0.15) is 6.61 Å². The van der Waals surface area contributed by atoms with Gasteiger partial charge in [-0.2, -0.15) is 0 Å². The van der Waals surface area contributed by atoms with Crippen molar-refractivity contribution in [2.45, 2.75) is 109 Å². The van der Waals surface area contributed by atoms with Crippen LogP contribution in [-0.2, 0) is 28.6 Å². The van der Waals surface area contributed by atoms with Crippen molar-refractivity contribution in [2.24, 2.45) is 0 Å². The number of likely N-dealkylation sites (N-methyl/N-ethyl adjacent to an activating group) is 1. The second-order valence-electron chi connectivity index (χ2n) is 10.7. The van der Waals surface area contributed by atoms with E-state index in [1.165, 1.54) is 32.6 Å². The Morgan fingerprint density at radius 2 is 1.45 bits per heavy atom. The van der Waals surface area contributed by atoms with Crippen molar-refractivity contribution >= 4 is 17.9 Å². The Morgan fingerprint density at radius 1 is 0.842 bits per heavy atom. The third kappa shape index (κ3) is 21.9. The first-order chi connectivity index (χ1) is 18.1. The highest BCUT2D eigenvalue weighted by Gasteiger charge is 2.31. The van der Waals surface area contributed by atoms with Crippen molar-refractivity contribution in [2.75, 3.05) is 41.0 Å². The molecule has 0 aromatic carbocycles. The normalized spacial score (nSPS) is 13.6. The number of nitrogens with zero attached hydrogens (tertiary/aromatic N) is 1. The van der Waals surface area contributed by atoms with E-state index in [9.17, 15) is 19.5 Å². The highest BCUT2D eigenvalue weighted by atomic mass is 16.6. The lowest BCUT2D eigenvalue weighted by atomic mass is 10.1. The molecule has 2 unspecified atom stereocenters. The predicted octanol–water partition coefficient (Wildman–Crippen LogP) is 5.84. The van der Waals surface area contributed by atoms with E-state index in [4.69, 9.17) is 14.2 Å². The fourth-order valence-corrected chi connectivity index (χ4v) is 3.90. The van der Waals surface area contributed by atoms with E-state index in [1.54, 1.807) is 0 Å². The molecule has 0 aliphatic carbocycles. The molecule has 0 saturated carbocycles. The quantitative estimate of drug-likeness (QED) is 0.0710. The van der Waals surface area contributed by atoms with Gasteiger partial charge in [0.05, 0.1) is 34.4 Å². The van der Waals surface area contributed by atoms with Gasteiger partial charge in [0, 0.05) is 19.8 Å². The largest absolute Gasteiger partial charge is 0.477 e. The molecule has 2 atom stereocenters. The molecule has 8 heteroatoms. The summed E-state index contributed by atoms with van der Waals surface area (Å²) in [6.07, 6.45) is 21.2. The van der Waals surface area contributed by atoms with Crippen LogP contribution < -0.4 is 0 Å². The minimum atomic E-state index is -0.888. The first kappa shape index (κ1) is 35.8. The van der Waals surface area contributed by atoms with Gasteiger partial charge >= 0.3 is 17.9 Å². The van der Waals surface area contributed by atoms with Crippen LogP contribution in [0, 0.1) is 0 Å². The molecule has 38 heavy (non-hydrogen) atoms. The molecule has 0 rings (SSSR count). The molecule has 0 fully saturated rings. The van der Waals surface area contributed by atoms with Crippen LogP contribution >= 0.6 is 0 Å². The number of carboxylic acids is 1. The molecule has 0 bridgehead atoms. The Labute approximate surface area is 231 Å². The van der Waals surface area contributed by atoms with Crippen molar-refractivity contribution in [3.8, 4) is 0 Å². The number of unbranched alkanes of at least 4 members (excludes halogenated alkanes) is 8. The van der Waals surface area contributed by atoms with E-state index in [-0.39, 0.29) is 30.3 Å². The molecule has 0 radical (unpaired) electrons. The van der Waals surface area contributed by atoms with E-state index in [2.05, 4.69) is 31.2 Å². The molecule has 0 amide bonds. The average molecular weight is 541 g/mol. The third-order valence-corrected chi connectivity index (χ3v) is 6.16. The SMILES string of the molecule is CCCCC/C=C\C/C=C\CCCCCCCC(=O)OC(COCCC(C(=O)O)[N+](C)(C)C)COC(C)=O. The number of quaternary nitrogens is 1. The van der Waals surface area contributed by atoms with E-state index in [0.29, 0.717) is 12.8 Å². The van der Waals surface area contributed by atoms with Gasteiger partial charge < -0.3 is 23.8 Å². The number of hydrogen-bond donors (Lipinski definition) is 1. The first-order valence-electron chi connectivity index (χ1n) is 14.3. The third-order valence-electron chi connectivity index (χ3n) is 6.16. The summed E-state index contributed by atoms with van der Waals surface area (Å²) in [6.45, 7) is 3.68. The number of aliphatic carboxylic acids is 1. The first-order valence-corrected chi connectivity index (χ1v) is 14.3. The Bertz CT molecular complexity index is 697. The van der Waals surface area contributed by atoms with E-state index >= 15 is 0 Å². The number of allylic oxidation sites excluding steroid dienone is 4. The highest BCUT2D eigenvalue weighted by Crippen LogP contribution is 2.11. The summed E-state index contributed by atoms with van der Waals surface area (Å²) in [6, 6.07) is -0.609. The second-order valence-corrected chi connectivity index (χ2v) is 10.7. The van der Waals surface area contributed by atoms with Crippen LogP contribution in [0.3, 0.4) is 0 Å². The Hall–Kier alpha value is -2.19. The summed E-state index contributed by atoms with van der Waals surface area (Å²) in [4.78, 5) is 34.9. The highest BCUT2D eigenvalue weighted by molar-refractivity contribution is 5.72. The maximum atomic E-state index is 12.3. The summed E-state index contributed by atoms with van der Waals surface area (Å²) in [5.74, 6) is -1.69. The standard InChI is InChI=1S/C30H53NO7/c1-6-7-8-9-10-11-12-13-14-15-16-17-18-19-20-21-29(33)38-27(25-37-26(2)32)24-36-23-22-28(30(34)35)31(3,4)5/h10-11,13-14,27-28H,6-9,12,15-25H2,1-5H3/p+1/b11-10-,14-13-. The van der Waals surface area contributed by atoms with Gasteiger partial charge in [-0.15, -0.1) is 0 Å². The summed E-state index contributed by atoms with van der Waals surface area (Å²) in [7, 11) is 5.45. The number of esters is 2. The zero-order chi connectivity index (χ0) is 28.7. The number of hydrogen-bond acceptors (Lipinski definition) is 6. The maximum Gasteiger partial charge on any atom is 0.362 e. The summed E-state index contributed by atoms with van der Waals surface area (Å²) < 4.78 is 16.3. The Kier molecular flexibility index (Phi) is 21.5. The van der Waals surface area contributed by atoms with Gasteiger partial charge in [0.25, 0.3) is 0 Å². The summed E-state index contributed by atoms with van der Waals surface area (Å²) in [5.41, 5.74) is 0. The van der Waals surface area contributed by atoms with Crippen LogP contribution in [0.5, 0.6) is 0 Å². The predicted molar refractivity (Wildman–Crippen MR) is 151 cm³/mol. The van der Waals surface area contributed by atoms with Crippen LogP contribution in [0.15, 0.2) is 24.3 Å². The maximum absolute atomic E-state index is 12.3. The van der Waals surface area contributed by atoms with Crippen LogP contribution in [0.4, 0.5) is 0 Å². The van der Waals surface area contributed by atoms with Crippen LogP contribution in [0.25, 0.3) is 0 Å². The number of carboxylic acid groups (broad SMARTS) is 1. The molecule has 220 valence electrons.